The smallest absolute Gasteiger partial charge is 0.278 e. The van der Waals surface area contributed by atoms with E-state index in [0.29, 0.717) is 17.0 Å². The van der Waals surface area contributed by atoms with Gasteiger partial charge in [-0.2, -0.15) is 0 Å². The van der Waals surface area contributed by atoms with E-state index in [1.807, 2.05) is 36.4 Å². The minimum absolute atomic E-state index is 0.324. The average molecular weight is 343 g/mol. The van der Waals surface area contributed by atoms with Crippen LogP contribution in [0.15, 0.2) is 72.1 Å². The van der Waals surface area contributed by atoms with Crippen molar-refractivity contribution in [3.05, 3.63) is 72.6 Å². The number of aromatic nitrogens is 1. The van der Waals surface area contributed by atoms with E-state index in [4.69, 9.17) is 4.84 Å². The van der Waals surface area contributed by atoms with Crippen LogP contribution in [-0.2, 0) is 14.4 Å². The van der Waals surface area contributed by atoms with E-state index in [0.717, 1.165) is 10.8 Å². The topological polar surface area (TPSA) is 71.9 Å². The van der Waals surface area contributed by atoms with E-state index in [1.165, 1.54) is 4.90 Å². The number of anilines is 1. The monoisotopic (exact) mass is 343 g/mol. The molecule has 2 aliphatic rings. The Balaban J connectivity index is 1.55. The highest BCUT2D eigenvalue weighted by Crippen LogP contribution is 2.35. The average Bonchev–Trinajstić information content (AvgIpc) is 3.23. The molecule has 0 aliphatic carbocycles. The fourth-order valence-electron chi connectivity index (χ4n) is 3.50. The Hall–Kier alpha value is -3.54. The highest BCUT2D eigenvalue weighted by molar-refractivity contribution is 6.32. The molecule has 0 spiro atoms. The second-order valence-electron chi connectivity index (χ2n) is 6.27. The molecule has 6 nitrogen and oxygen atoms in total. The summed E-state index contributed by atoms with van der Waals surface area (Å²) in [5, 5.41) is 5.99. The van der Waals surface area contributed by atoms with E-state index in [1.54, 1.807) is 30.6 Å². The minimum Gasteiger partial charge on any atom is -0.381 e. The van der Waals surface area contributed by atoms with Crippen molar-refractivity contribution in [2.24, 2.45) is 11.1 Å². The van der Waals surface area contributed by atoms with Crippen molar-refractivity contribution in [2.45, 2.75) is 6.10 Å². The Labute approximate surface area is 148 Å². The fourth-order valence-corrected chi connectivity index (χ4v) is 3.50. The van der Waals surface area contributed by atoms with Crippen LogP contribution in [-0.4, -0.2) is 28.6 Å². The van der Waals surface area contributed by atoms with Gasteiger partial charge in [0.25, 0.3) is 5.91 Å². The summed E-state index contributed by atoms with van der Waals surface area (Å²) in [7, 11) is 0. The van der Waals surface area contributed by atoms with Crippen LogP contribution in [0, 0.1) is 5.92 Å². The number of fused-ring (bicyclic) bond motifs is 2. The Morgan fingerprint density at radius 1 is 0.923 bits per heavy atom. The first-order valence-corrected chi connectivity index (χ1v) is 8.25. The zero-order valence-electron chi connectivity index (χ0n) is 13.6. The lowest BCUT2D eigenvalue weighted by molar-refractivity contribution is -0.126. The van der Waals surface area contributed by atoms with Gasteiger partial charge in [0.05, 0.1) is 5.69 Å². The van der Waals surface area contributed by atoms with Crippen LogP contribution in [0.5, 0.6) is 0 Å². The van der Waals surface area contributed by atoms with Crippen molar-refractivity contribution in [2.75, 3.05) is 4.90 Å². The second kappa shape index (κ2) is 5.49. The van der Waals surface area contributed by atoms with E-state index in [-0.39, 0.29) is 5.91 Å². The molecule has 0 unspecified atom stereocenters. The molecule has 26 heavy (non-hydrogen) atoms. The van der Waals surface area contributed by atoms with E-state index >= 15 is 0 Å². The van der Waals surface area contributed by atoms with Crippen molar-refractivity contribution in [3.63, 3.8) is 0 Å². The van der Waals surface area contributed by atoms with Gasteiger partial charge in [-0.1, -0.05) is 35.5 Å². The number of oxime groups is 1. The summed E-state index contributed by atoms with van der Waals surface area (Å²) in [5.74, 6) is -1.45. The molecule has 0 saturated carbocycles. The third-order valence-electron chi connectivity index (χ3n) is 4.76. The lowest BCUT2D eigenvalue weighted by atomic mass is 9.95. The molecular weight excluding hydrogens is 330 g/mol. The van der Waals surface area contributed by atoms with Crippen LogP contribution >= 0.6 is 0 Å². The molecule has 2 amide bonds. The van der Waals surface area contributed by atoms with Crippen LogP contribution in [0.1, 0.15) is 5.56 Å². The Morgan fingerprint density at radius 3 is 2.58 bits per heavy atom. The van der Waals surface area contributed by atoms with Gasteiger partial charge in [0.15, 0.2) is 0 Å². The van der Waals surface area contributed by atoms with Crippen LogP contribution in [0.25, 0.3) is 10.8 Å². The zero-order valence-corrected chi connectivity index (χ0v) is 13.6. The number of rotatable bonds is 2. The maximum atomic E-state index is 13.0. The first-order chi connectivity index (χ1) is 12.7. The molecule has 1 saturated heterocycles. The van der Waals surface area contributed by atoms with E-state index in [9.17, 15) is 9.59 Å². The highest BCUT2D eigenvalue weighted by Gasteiger charge is 2.56. The van der Waals surface area contributed by atoms with Gasteiger partial charge in [0, 0.05) is 18.0 Å². The first kappa shape index (κ1) is 14.8. The maximum Gasteiger partial charge on any atom is 0.278 e. The number of amides is 2. The molecule has 3 aromatic rings. The van der Waals surface area contributed by atoms with Crippen molar-refractivity contribution in [1.29, 1.82) is 0 Å². The van der Waals surface area contributed by atoms with Gasteiger partial charge >= 0.3 is 0 Å². The van der Waals surface area contributed by atoms with Gasteiger partial charge in [-0.15, -0.1) is 0 Å². The van der Waals surface area contributed by atoms with Crippen molar-refractivity contribution in [1.82, 2.24) is 4.98 Å². The first-order valence-electron chi connectivity index (χ1n) is 8.25. The lowest BCUT2D eigenvalue weighted by Crippen LogP contribution is -2.33. The predicted molar refractivity (Wildman–Crippen MR) is 95.6 cm³/mol. The van der Waals surface area contributed by atoms with Gasteiger partial charge in [0.2, 0.25) is 12.0 Å². The van der Waals surface area contributed by atoms with E-state index < -0.39 is 17.9 Å². The number of imide groups is 1. The molecule has 5 rings (SSSR count). The summed E-state index contributed by atoms with van der Waals surface area (Å²) < 4.78 is 0. The molecule has 126 valence electrons. The number of carbonyl (C=O) groups is 2. The number of benzene rings is 2. The normalized spacial score (nSPS) is 21.7. The standard InChI is InChI=1S/C20H13N3O3/c24-19-16-17(14-6-3-9-21-11-14)22-26-18(16)20(25)23(19)15-8-7-12-4-1-2-5-13(12)10-15/h1-11,16,18H/t16-,18-/m0/s1. The zero-order chi connectivity index (χ0) is 17.7. The summed E-state index contributed by atoms with van der Waals surface area (Å²) in [5.41, 5.74) is 1.67. The largest absolute Gasteiger partial charge is 0.381 e. The number of hydrogen-bond donors (Lipinski definition) is 0. The number of pyridine rings is 1. The maximum absolute atomic E-state index is 13.0. The molecule has 0 radical (unpaired) electrons. The van der Waals surface area contributed by atoms with Crippen LogP contribution < -0.4 is 4.90 Å². The molecular formula is C20H13N3O3. The molecule has 2 aromatic carbocycles. The molecule has 2 aliphatic heterocycles. The molecule has 3 heterocycles. The Bertz CT molecular complexity index is 1080. The second-order valence-corrected chi connectivity index (χ2v) is 6.27. The van der Waals surface area contributed by atoms with Crippen LogP contribution in [0.4, 0.5) is 5.69 Å². The summed E-state index contributed by atoms with van der Waals surface area (Å²) in [6.07, 6.45) is 2.34. The lowest BCUT2D eigenvalue weighted by Gasteiger charge is -2.16. The minimum atomic E-state index is -0.913. The van der Waals surface area contributed by atoms with Crippen molar-refractivity contribution >= 4 is 34.0 Å². The van der Waals surface area contributed by atoms with Crippen molar-refractivity contribution < 1.29 is 14.4 Å². The summed E-state index contributed by atoms with van der Waals surface area (Å²) in [6, 6.07) is 16.9. The summed E-state index contributed by atoms with van der Waals surface area (Å²) in [4.78, 5) is 36.4. The quantitative estimate of drug-likeness (QED) is 0.670. The van der Waals surface area contributed by atoms with Crippen molar-refractivity contribution in [3.8, 4) is 0 Å². The molecule has 0 bridgehead atoms. The number of carbonyl (C=O) groups excluding carboxylic acids is 2. The summed E-state index contributed by atoms with van der Waals surface area (Å²) >= 11 is 0. The Morgan fingerprint density at radius 2 is 1.77 bits per heavy atom. The van der Waals surface area contributed by atoms with Gasteiger partial charge in [-0.05, 0) is 35.0 Å². The third-order valence-corrected chi connectivity index (χ3v) is 4.76. The predicted octanol–water partition coefficient (Wildman–Crippen LogP) is 2.53. The molecule has 2 atom stereocenters. The van der Waals surface area contributed by atoms with Gasteiger partial charge < -0.3 is 4.84 Å². The van der Waals surface area contributed by atoms with Crippen LogP contribution in [0.2, 0.25) is 0 Å². The fraction of sp³-hybridized carbons (Fsp3) is 0.100. The van der Waals surface area contributed by atoms with Gasteiger partial charge in [-0.25, -0.2) is 4.90 Å². The van der Waals surface area contributed by atoms with E-state index in [2.05, 4.69) is 10.1 Å². The molecule has 0 N–H and O–H groups in total. The summed E-state index contributed by atoms with van der Waals surface area (Å²) in [6.45, 7) is 0. The molecule has 1 aromatic heterocycles. The van der Waals surface area contributed by atoms with Gasteiger partial charge in [0.1, 0.15) is 11.6 Å². The Kier molecular flexibility index (Phi) is 3.12. The number of hydrogen-bond acceptors (Lipinski definition) is 5. The molecule has 1 fully saturated rings. The van der Waals surface area contributed by atoms with Crippen LogP contribution in [0.3, 0.4) is 0 Å². The SMILES string of the molecule is O=C1[C@H]2C(c3cccnc3)=NO[C@@H]2C(=O)N1c1ccc2ccccc2c1. The molecule has 6 heteroatoms. The van der Waals surface area contributed by atoms with Gasteiger partial charge in [-0.3, -0.25) is 14.6 Å². The highest BCUT2D eigenvalue weighted by atomic mass is 16.6. The third kappa shape index (κ3) is 2.05. The number of nitrogens with zero attached hydrogens (tertiary/aromatic N) is 3.